The molecule has 1 fully saturated rings. The number of carbonyl (C=O) groups excluding carboxylic acids is 1. The van der Waals surface area contributed by atoms with Gasteiger partial charge in [0.1, 0.15) is 0 Å². The van der Waals surface area contributed by atoms with Crippen LogP contribution in [0.1, 0.15) is 57.9 Å². The molecule has 24 heavy (non-hydrogen) atoms. The second-order valence-electron chi connectivity index (χ2n) is 6.91. The van der Waals surface area contributed by atoms with E-state index in [1.54, 1.807) is 0 Å². The molecule has 1 saturated carbocycles. The molecule has 2 rings (SSSR count). The van der Waals surface area contributed by atoms with Crippen LogP contribution in [0.2, 0.25) is 0 Å². The van der Waals surface area contributed by atoms with Crippen LogP contribution in [-0.4, -0.2) is 11.0 Å². The van der Waals surface area contributed by atoms with Crippen molar-refractivity contribution in [2.24, 2.45) is 5.92 Å². The number of benzene rings is 1. The Labute approximate surface area is 149 Å². The molecule has 1 amide bonds. The molecule has 0 heterocycles. The highest BCUT2D eigenvalue weighted by atomic mass is 32.1. The SMILES string of the molecule is CC(C)CCC(=O)NC(=S)Nc1ccc(C2(C#N)CCCC2)cc1. The van der Waals surface area contributed by atoms with E-state index in [0.717, 1.165) is 43.4 Å². The number of hydrogen-bond donors (Lipinski definition) is 2. The topological polar surface area (TPSA) is 64.9 Å². The maximum atomic E-state index is 11.8. The predicted octanol–water partition coefficient (Wildman–Crippen LogP) is 4.27. The fourth-order valence-corrected chi connectivity index (χ4v) is 3.32. The largest absolute Gasteiger partial charge is 0.332 e. The highest BCUT2D eigenvalue weighted by Gasteiger charge is 2.35. The number of nitrogens with zero attached hydrogens (tertiary/aromatic N) is 1. The van der Waals surface area contributed by atoms with Crippen molar-refractivity contribution in [3.8, 4) is 6.07 Å². The summed E-state index contributed by atoms with van der Waals surface area (Å²) in [5, 5.41) is 15.6. The van der Waals surface area contributed by atoms with Crippen LogP contribution < -0.4 is 10.6 Å². The van der Waals surface area contributed by atoms with Gasteiger partial charge in [-0.25, -0.2) is 0 Å². The second-order valence-corrected chi connectivity index (χ2v) is 7.32. The molecular weight excluding hydrogens is 318 g/mol. The predicted molar refractivity (Wildman–Crippen MR) is 101 cm³/mol. The first-order chi connectivity index (χ1) is 11.4. The molecule has 1 aromatic carbocycles. The van der Waals surface area contributed by atoms with Crippen LogP contribution in [0.25, 0.3) is 0 Å². The van der Waals surface area contributed by atoms with Crippen molar-refractivity contribution in [2.45, 2.75) is 57.8 Å². The van der Waals surface area contributed by atoms with Crippen molar-refractivity contribution in [3.05, 3.63) is 29.8 Å². The second kappa shape index (κ2) is 8.25. The zero-order valence-corrected chi connectivity index (χ0v) is 15.2. The maximum absolute atomic E-state index is 11.8. The van der Waals surface area contributed by atoms with Gasteiger partial charge in [0, 0.05) is 12.1 Å². The highest BCUT2D eigenvalue weighted by molar-refractivity contribution is 7.80. The lowest BCUT2D eigenvalue weighted by Gasteiger charge is -2.21. The average Bonchev–Trinajstić information content (AvgIpc) is 3.03. The summed E-state index contributed by atoms with van der Waals surface area (Å²) in [5.74, 6) is 0.431. The zero-order valence-electron chi connectivity index (χ0n) is 14.4. The van der Waals surface area contributed by atoms with E-state index in [1.165, 1.54) is 0 Å². The van der Waals surface area contributed by atoms with E-state index in [9.17, 15) is 10.1 Å². The number of carbonyl (C=O) groups is 1. The molecule has 2 N–H and O–H groups in total. The molecule has 0 unspecified atom stereocenters. The van der Waals surface area contributed by atoms with Gasteiger partial charge >= 0.3 is 0 Å². The third-order valence-electron chi connectivity index (χ3n) is 4.57. The Morgan fingerprint density at radius 1 is 1.29 bits per heavy atom. The molecule has 0 bridgehead atoms. The number of amides is 1. The molecule has 0 aliphatic heterocycles. The Balaban J connectivity index is 1.91. The van der Waals surface area contributed by atoms with Crippen molar-refractivity contribution < 1.29 is 4.79 Å². The maximum Gasteiger partial charge on any atom is 0.226 e. The van der Waals surface area contributed by atoms with Gasteiger partial charge in [-0.2, -0.15) is 5.26 Å². The van der Waals surface area contributed by atoms with Crippen LogP contribution >= 0.6 is 12.2 Å². The molecule has 0 radical (unpaired) electrons. The first-order valence-electron chi connectivity index (χ1n) is 8.58. The lowest BCUT2D eigenvalue weighted by Crippen LogP contribution is -2.34. The molecule has 1 aliphatic carbocycles. The van der Waals surface area contributed by atoms with Gasteiger partial charge in [0.25, 0.3) is 0 Å². The van der Waals surface area contributed by atoms with Gasteiger partial charge < -0.3 is 10.6 Å². The number of thiocarbonyl (C=S) groups is 1. The van der Waals surface area contributed by atoms with E-state index in [2.05, 4.69) is 30.6 Å². The Hall–Kier alpha value is -1.93. The molecule has 1 aromatic rings. The van der Waals surface area contributed by atoms with E-state index in [0.29, 0.717) is 17.5 Å². The Kier molecular flexibility index (Phi) is 6.33. The Bertz CT molecular complexity index is 625. The summed E-state index contributed by atoms with van der Waals surface area (Å²) in [7, 11) is 0. The van der Waals surface area contributed by atoms with Crippen molar-refractivity contribution in [3.63, 3.8) is 0 Å². The van der Waals surface area contributed by atoms with Crippen molar-refractivity contribution >= 4 is 28.9 Å². The van der Waals surface area contributed by atoms with Crippen LogP contribution in [0.15, 0.2) is 24.3 Å². The molecule has 0 aromatic heterocycles. The summed E-state index contributed by atoms with van der Waals surface area (Å²) in [6.07, 6.45) is 5.41. The van der Waals surface area contributed by atoms with E-state index in [-0.39, 0.29) is 11.3 Å². The van der Waals surface area contributed by atoms with Crippen molar-refractivity contribution in [1.29, 1.82) is 5.26 Å². The minimum atomic E-state index is -0.329. The number of rotatable bonds is 5. The van der Waals surface area contributed by atoms with Gasteiger partial charge in [-0.05, 0) is 55.1 Å². The normalized spacial score (nSPS) is 15.8. The number of nitrogens with one attached hydrogen (secondary N) is 2. The van der Waals surface area contributed by atoms with Crippen LogP contribution in [0.5, 0.6) is 0 Å². The number of hydrogen-bond acceptors (Lipinski definition) is 3. The quantitative estimate of drug-likeness (QED) is 0.784. The van der Waals surface area contributed by atoms with Crippen LogP contribution in [0, 0.1) is 17.2 Å². The van der Waals surface area contributed by atoms with Gasteiger partial charge in [-0.3, -0.25) is 4.79 Å². The standard InChI is InChI=1S/C19H25N3OS/c1-14(2)5-10-17(23)22-18(24)21-16-8-6-15(7-9-16)19(13-20)11-3-4-12-19/h6-9,14H,3-5,10-12H2,1-2H3,(H2,21,22,23,24). The Morgan fingerprint density at radius 3 is 2.46 bits per heavy atom. The molecule has 1 aliphatic rings. The highest BCUT2D eigenvalue weighted by Crippen LogP contribution is 2.40. The lowest BCUT2D eigenvalue weighted by molar-refractivity contribution is -0.119. The summed E-state index contributed by atoms with van der Waals surface area (Å²) < 4.78 is 0. The molecule has 4 nitrogen and oxygen atoms in total. The Morgan fingerprint density at radius 2 is 1.92 bits per heavy atom. The van der Waals surface area contributed by atoms with Crippen LogP contribution in [-0.2, 0) is 10.2 Å². The fourth-order valence-electron chi connectivity index (χ4n) is 3.09. The van der Waals surface area contributed by atoms with Gasteiger partial charge in [0.2, 0.25) is 5.91 Å². The van der Waals surface area contributed by atoms with Gasteiger partial charge in [-0.1, -0.05) is 38.8 Å². The first kappa shape index (κ1) is 18.4. The molecule has 128 valence electrons. The molecule has 0 saturated heterocycles. The fraction of sp³-hybridized carbons (Fsp3) is 0.526. The van der Waals surface area contributed by atoms with Gasteiger partial charge in [0.05, 0.1) is 11.5 Å². The number of nitriles is 1. The smallest absolute Gasteiger partial charge is 0.226 e. The summed E-state index contributed by atoms with van der Waals surface area (Å²) in [4.78, 5) is 11.8. The van der Waals surface area contributed by atoms with E-state index in [4.69, 9.17) is 12.2 Å². The monoisotopic (exact) mass is 343 g/mol. The third-order valence-corrected chi connectivity index (χ3v) is 4.77. The van der Waals surface area contributed by atoms with Crippen molar-refractivity contribution in [2.75, 3.05) is 5.32 Å². The molecular formula is C19H25N3OS. The summed E-state index contributed by atoms with van der Waals surface area (Å²) in [6, 6.07) is 10.3. The zero-order chi connectivity index (χ0) is 17.6. The molecule has 0 spiro atoms. The summed E-state index contributed by atoms with van der Waals surface area (Å²) >= 11 is 5.18. The van der Waals surface area contributed by atoms with E-state index < -0.39 is 0 Å². The third kappa shape index (κ3) is 4.78. The molecule has 5 heteroatoms. The average molecular weight is 343 g/mol. The van der Waals surface area contributed by atoms with Gasteiger partial charge in [0.15, 0.2) is 5.11 Å². The van der Waals surface area contributed by atoms with Crippen LogP contribution in [0.4, 0.5) is 5.69 Å². The summed E-state index contributed by atoms with van der Waals surface area (Å²) in [5.41, 5.74) is 1.56. The minimum absolute atomic E-state index is 0.0628. The molecule has 0 atom stereocenters. The van der Waals surface area contributed by atoms with E-state index in [1.807, 2.05) is 24.3 Å². The first-order valence-corrected chi connectivity index (χ1v) is 8.99. The van der Waals surface area contributed by atoms with Gasteiger partial charge in [-0.15, -0.1) is 0 Å². The summed E-state index contributed by atoms with van der Waals surface area (Å²) in [6.45, 7) is 4.17. The number of anilines is 1. The lowest BCUT2D eigenvalue weighted by atomic mass is 9.80. The van der Waals surface area contributed by atoms with Crippen LogP contribution in [0.3, 0.4) is 0 Å². The van der Waals surface area contributed by atoms with Crippen molar-refractivity contribution in [1.82, 2.24) is 5.32 Å². The van der Waals surface area contributed by atoms with E-state index >= 15 is 0 Å². The minimum Gasteiger partial charge on any atom is -0.332 e.